The Morgan fingerprint density at radius 3 is 2.60 bits per heavy atom. The fourth-order valence-electron chi connectivity index (χ4n) is 2.03. The molecule has 0 unspecified atom stereocenters. The van der Waals surface area contributed by atoms with Gasteiger partial charge < -0.3 is 5.73 Å². The smallest absolute Gasteiger partial charge is 0.205 e. The Kier molecular flexibility index (Phi) is 3.29. The summed E-state index contributed by atoms with van der Waals surface area (Å²) in [4.78, 5) is 4.15. The zero-order chi connectivity index (χ0) is 14.4. The molecule has 7 heteroatoms. The molecule has 0 aliphatic rings. The fraction of sp³-hybridized carbons (Fsp3) is 0. The second kappa shape index (κ2) is 4.85. The molecule has 1 aromatic heterocycles. The van der Waals surface area contributed by atoms with E-state index in [0.29, 0.717) is 20.3 Å². The first-order chi connectivity index (χ1) is 9.45. The Morgan fingerprint density at radius 2 is 1.90 bits per heavy atom. The predicted octanol–water partition coefficient (Wildman–Crippen LogP) is 4.14. The highest BCUT2D eigenvalue weighted by Gasteiger charge is 2.14. The van der Waals surface area contributed by atoms with Gasteiger partial charge in [-0.05, 0) is 46.9 Å². The van der Waals surface area contributed by atoms with Crippen LogP contribution < -0.4 is 5.73 Å². The summed E-state index contributed by atoms with van der Waals surface area (Å²) >= 11 is 7.71. The van der Waals surface area contributed by atoms with Crippen LogP contribution in [0.3, 0.4) is 0 Å². The molecule has 0 spiro atoms. The number of hydrogen-bond donors (Lipinski definition) is 1. The van der Waals surface area contributed by atoms with Gasteiger partial charge in [0.2, 0.25) is 5.95 Å². The molecule has 0 radical (unpaired) electrons. The second-order valence-corrected chi connectivity index (χ2v) is 5.79. The number of fused-ring (bicyclic) bond motifs is 1. The van der Waals surface area contributed by atoms with E-state index in [-0.39, 0.29) is 16.8 Å². The fourth-order valence-corrected chi connectivity index (χ4v) is 2.70. The van der Waals surface area contributed by atoms with E-state index >= 15 is 0 Å². The first kappa shape index (κ1) is 13.6. The van der Waals surface area contributed by atoms with Gasteiger partial charge in [-0.2, -0.15) is 0 Å². The van der Waals surface area contributed by atoms with Crippen LogP contribution in [0, 0.1) is 15.2 Å². The van der Waals surface area contributed by atoms with Gasteiger partial charge in [0.05, 0.1) is 20.3 Å². The molecule has 3 nitrogen and oxygen atoms in total. The molecule has 20 heavy (non-hydrogen) atoms. The topological polar surface area (TPSA) is 43.8 Å². The van der Waals surface area contributed by atoms with Crippen molar-refractivity contribution in [3.63, 3.8) is 0 Å². The highest BCUT2D eigenvalue weighted by molar-refractivity contribution is 14.1. The number of nitrogens with two attached hydrogens (primary N) is 1. The van der Waals surface area contributed by atoms with Crippen molar-refractivity contribution in [3.05, 3.63) is 50.6 Å². The van der Waals surface area contributed by atoms with Crippen LogP contribution >= 0.6 is 34.2 Å². The molecule has 2 aromatic carbocycles. The van der Waals surface area contributed by atoms with E-state index in [1.54, 1.807) is 6.07 Å². The molecular formula is C13H7ClF2IN3. The summed E-state index contributed by atoms with van der Waals surface area (Å²) < 4.78 is 29.1. The van der Waals surface area contributed by atoms with Crippen molar-refractivity contribution < 1.29 is 8.78 Å². The highest BCUT2D eigenvalue weighted by atomic mass is 127. The minimum atomic E-state index is -0.500. The molecule has 3 rings (SSSR count). The molecule has 0 bridgehead atoms. The van der Waals surface area contributed by atoms with Crippen LogP contribution in [0.25, 0.3) is 16.7 Å². The number of benzene rings is 2. The molecule has 0 saturated carbocycles. The van der Waals surface area contributed by atoms with Crippen molar-refractivity contribution in [2.45, 2.75) is 0 Å². The van der Waals surface area contributed by atoms with Crippen LogP contribution in [0.15, 0.2) is 30.3 Å². The number of rotatable bonds is 1. The number of nitrogen functional groups attached to an aromatic ring is 1. The first-order valence-corrected chi connectivity index (χ1v) is 7.01. The number of halogens is 4. The Balaban J connectivity index is 2.35. The van der Waals surface area contributed by atoms with Crippen LogP contribution in [0.1, 0.15) is 0 Å². The summed E-state index contributed by atoms with van der Waals surface area (Å²) in [7, 11) is 0. The van der Waals surface area contributed by atoms with Crippen molar-refractivity contribution >= 4 is 51.2 Å². The van der Waals surface area contributed by atoms with Crippen LogP contribution in [-0.4, -0.2) is 9.55 Å². The minimum absolute atomic E-state index is 0.142. The molecule has 0 aliphatic carbocycles. The maximum Gasteiger partial charge on any atom is 0.205 e. The SMILES string of the molecule is Nc1nc2cc(I)c(F)cc2n1-c1cc(F)cc(Cl)c1. The second-order valence-electron chi connectivity index (χ2n) is 4.19. The van der Waals surface area contributed by atoms with Crippen LogP contribution in [-0.2, 0) is 0 Å². The van der Waals surface area contributed by atoms with Gasteiger partial charge in [-0.1, -0.05) is 11.6 Å². The molecule has 1 heterocycles. The van der Waals surface area contributed by atoms with Gasteiger partial charge in [0.1, 0.15) is 11.6 Å². The average molecular weight is 406 g/mol. The predicted molar refractivity (Wildman–Crippen MR) is 83.1 cm³/mol. The Bertz CT molecular complexity index is 812. The van der Waals surface area contributed by atoms with Crippen molar-refractivity contribution in [2.75, 3.05) is 5.73 Å². The summed E-state index contributed by atoms with van der Waals surface area (Å²) in [5, 5.41) is 0.229. The van der Waals surface area contributed by atoms with Crippen molar-refractivity contribution in [1.29, 1.82) is 0 Å². The van der Waals surface area contributed by atoms with E-state index in [2.05, 4.69) is 4.98 Å². The van der Waals surface area contributed by atoms with Crippen LogP contribution in [0.4, 0.5) is 14.7 Å². The number of anilines is 1. The lowest BCUT2D eigenvalue weighted by Crippen LogP contribution is -2.01. The van der Waals surface area contributed by atoms with E-state index in [0.717, 1.165) is 0 Å². The third-order valence-electron chi connectivity index (χ3n) is 2.83. The molecule has 2 N–H and O–H groups in total. The van der Waals surface area contributed by atoms with Gasteiger partial charge in [0, 0.05) is 11.1 Å². The van der Waals surface area contributed by atoms with Crippen LogP contribution in [0.2, 0.25) is 5.02 Å². The molecule has 0 saturated heterocycles. The lowest BCUT2D eigenvalue weighted by Gasteiger charge is -2.07. The van der Waals surface area contributed by atoms with Crippen molar-refractivity contribution in [2.24, 2.45) is 0 Å². The zero-order valence-corrected chi connectivity index (χ0v) is 12.8. The Hall–Kier alpha value is -1.41. The van der Waals surface area contributed by atoms with Gasteiger partial charge in [-0.25, -0.2) is 13.8 Å². The normalized spacial score (nSPS) is 11.2. The third kappa shape index (κ3) is 2.22. The molecule has 0 atom stereocenters. The van der Waals surface area contributed by atoms with Gasteiger partial charge >= 0.3 is 0 Å². The molecule has 0 fully saturated rings. The van der Waals surface area contributed by atoms with E-state index < -0.39 is 5.82 Å². The zero-order valence-electron chi connectivity index (χ0n) is 9.87. The monoisotopic (exact) mass is 405 g/mol. The number of nitrogens with zero attached hydrogens (tertiary/aromatic N) is 2. The summed E-state index contributed by atoms with van der Waals surface area (Å²) in [6, 6.07) is 6.89. The Labute approximate surface area is 131 Å². The lowest BCUT2D eigenvalue weighted by molar-refractivity contribution is 0.621. The lowest BCUT2D eigenvalue weighted by atomic mass is 10.2. The van der Waals surface area contributed by atoms with E-state index in [4.69, 9.17) is 17.3 Å². The molecule has 0 amide bonds. The van der Waals surface area contributed by atoms with E-state index in [1.165, 1.54) is 28.8 Å². The number of hydrogen-bond acceptors (Lipinski definition) is 2. The summed E-state index contributed by atoms with van der Waals surface area (Å²) in [6.07, 6.45) is 0. The quantitative estimate of drug-likeness (QED) is 0.618. The highest BCUT2D eigenvalue weighted by Crippen LogP contribution is 2.28. The largest absolute Gasteiger partial charge is 0.369 e. The summed E-state index contributed by atoms with van der Waals surface area (Å²) in [5.74, 6) is -0.746. The Morgan fingerprint density at radius 1 is 1.15 bits per heavy atom. The molecule has 102 valence electrons. The summed E-state index contributed by atoms with van der Waals surface area (Å²) in [6.45, 7) is 0. The van der Waals surface area contributed by atoms with Gasteiger partial charge in [0.15, 0.2) is 0 Å². The van der Waals surface area contributed by atoms with Crippen molar-refractivity contribution in [3.8, 4) is 5.69 Å². The third-order valence-corrected chi connectivity index (χ3v) is 3.87. The summed E-state index contributed by atoms with van der Waals surface area (Å²) in [5.41, 5.74) is 7.24. The molecular weight excluding hydrogens is 399 g/mol. The average Bonchev–Trinajstić information content (AvgIpc) is 2.64. The molecule has 0 aliphatic heterocycles. The molecule has 3 aromatic rings. The van der Waals surface area contributed by atoms with E-state index in [9.17, 15) is 8.78 Å². The van der Waals surface area contributed by atoms with Crippen LogP contribution in [0.5, 0.6) is 0 Å². The minimum Gasteiger partial charge on any atom is -0.369 e. The van der Waals surface area contributed by atoms with Gasteiger partial charge in [-0.3, -0.25) is 4.57 Å². The van der Waals surface area contributed by atoms with Gasteiger partial charge in [-0.15, -0.1) is 0 Å². The van der Waals surface area contributed by atoms with E-state index in [1.807, 2.05) is 22.6 Å². The maximum atomic E-state index is 13.7. The number of imidazole rings is 1. The van der Waals surface area contributed by atoms with Gasteiger partial charge in [0.25, 0.3) is 0 Å². The number of aromatic nitrogens is 2. The first-order valence-electron chi connectivity index (χ1n) is 5.55. The standard InChI is InChI=1S/C13H7ClF2IN3/c14-6-1-7(15)3-8(2-6)20-12-4-9(16)10(17)5-11(12)19-13(20)18/h1-5H,(H2,18,19). The van der Waals surface area contributed by atoms with Crippen molar-refractivity contribution in [1.82, 2.24) is 9.55 Å². The maximum absolute atomic E-state index is 13.7.